The molecule has 204 valence electrons. The second kappa shape index (κ2) is 11.0. The van der Waals surface area contributed by atoms with Crippen LogP contribution < -0.4 is 0 Å². The second-order valence-corrected chi connectivity index (χ2v) is 12.0. The van der Waals surface area contributed by atoms with Gasteiger partial charge in [0.05, 0.1) is 19.8 Å². The van der Waals surface area contributed by atoms with Crippen molar-refractivity contribution in [2.45, 2.75) is 9.79 Å². The second-order valence-electron chi connectivity index (χ2n) is 8.38. The lowest BCUT2D eigenvalue weighted by molar-refractivity contribution is 0.103. The van der Waals surface area contributed by atoms with Crippen LogP contribution in [-0.4, -0.2) is 43.3 Å². The number of halogens is 2. The van der Waals surface area contributed by atoms with E-state index in [9.17, 15) is 40.3 Å². The van der Waals surface area contributed by atoms with Gasteiger partial charge in [-0.25, -0.2) is 0 Å². The van der Waals surface area contributed by atoms with Crippen molar-refractivity contribution in [2.24, 2.45) is 0 Å². The molecule has 2 N–H and O–H groups in total. The van der Waals surface area contributed by atoms with Crippen molar-refractivity contribution in [3.63, 3.8) is 0 Å². The van der Waals surface area contributed by atoms with Crippen LogP contribution in [0, 0.1) is 0 Å². The van der Waals surface area contributed by atoms with E-state index in [1.165, 1.54) is 60.7 Å². The molecule has 4 aromatic carbocycles. The van der Waals surface area contributed by atoms with Gasteiger partial charge in [-0.15, -0.1) is 0 Å². The van der Waals surface area contributed by atoms with Gasteiger partial charge in [0.1, 0.15) is 0 Å². The molecule has 0 amide bonds. The minimum atomic E-state index is -4.57. The summed E-state index contributed by atoms with van der Waals surface area (Å²) in [6.45, 7) is 0. The third kappa shape index (κ3) is 6.20. The standard InChI is InChI=1S/C27H16Cl2O9S2/c28-23-9-7-17(13-21(23)26(31)15-3-1-5-19(11-15)39(33,34)35)25(30)18-8-10-24(29)22(14-18)27(32)16-4-2-6-20(12-16)40(36,37)38/h1-14H,(H,33,34,35)(H,36,37,38). The van der Waals surface area contributed by atoms with Gasteiger partial charge in [-0.1, -0.05) is 47.5 Å². The van der Waals surface area contributed by atoms with Gasteiger partial charge in [0.25, 0.3) is 20.2 Å². The molecule has 0 spiro atoms. The third-order valence-electron chi connectivity index (χ3n) is 5.73. The van der Waals surface area contributed by atoms with Crippen LogP contribution >= 0.6 is 23.2 Å². The summed E-state index contributed by atoms with van der Waals surface area (Å²) < 4.78 is 64.4. The molecule has 0 unspecified atom stereocenters. The van der Waals surface area contributed by atoms with Crippen molar-refractivity contribution in [1.29, 1.82) is 0 Å². The Balaban J connectivity index is 1.70. The van der Waals surface area contributed by atoms with Crippen molar-refractivity contribution < 1.29 is 40.3 Å². The first kappa shape index (κ1) is 29.3. The molecular weight excluding hydrogens is 603 g/mol. The van der Waals surface area contributed by atoms with Crippen LogP contribution in [0.2, 0.25) is 10.0 Å². The molecule has 0 saturated heterocycles. The van der Waals surface area contributed by atoms with E-state index in [1.807, 2.05) is 0 Å². The van der Waals surface area contributed by atoms with Crippen molar-refractivity contribution in [3.05, 3.63) is 128 Å². The van der Waals surface area contributed by atoms with Crippen molar-refractivity contribution >= 4 is 60.8 Å². The van der Waals surface area contributed by atoms with Crippen LogP contribution in [0.3, 0.4) is 0 Å². The average Bonchev–Trinajstić information content (AvgIpc) is 2.91. The predicted octanol–water partition coefficient (Wildman–Crippen LogP) is 5.18. The van der Waals surface area contributed by atoms with Crippen LogP contribution in [0.15, 0.2) is 94.7 Å². The smallest absolute Gasteiger partial charge is 0.289 e. The van der Waals surface area contributed by atoms with Crippen LogP contribution in [0.4, 0.5) is 0 Å². The molecule has 0 radical (unpaired) electrons. The minimum Gasteiger partial charge on any atom is -0.289 e. The lowest BCUT2D eigenvalue weighted by Gasteiger charge is -2.10. The van der Waals surface area contributed by atoms with Crippen LogP contribution in [0.5, 0.6) is 0 Å². The Morgan fingerprint density at radius 3 is 1.20 bits per heavy atom. The van der Waals surface area contributed by atoms with Gasteiger partial charge < -0.3 is 0 Å². The summed E-state index contributed by atoms with van der Waals surface area (Å²) in [4.78, 5) is 38.5. The highest BCUT2D eigenvalue weighted by Gasteiger charge is 2.22. The average molecular weight is 619 g/mol. The molecule has 0 fully saturated rings. The van der Waals surface area contributed by atoms with Crippen molar-refractivity contribution in [3.8, 4) is 0 Å². The highest BCUT2D eigenvalue weighted by atomic mass is 35.5. The van der Waals surface area contributed by atoms with Gasteiger partial charge in [-0.3, -0.25) is 23.5 Å². The number of benzene rings is 4. The van der Waals surface area contributed by atoms with Crippen LogP contribution in [0.1, 0.15) is 47.8 Å². The molecule has 4 rings (SSSR count). The van der Waals surface area contributed by atoms with Crippen LogP contribution in [-0.2, 0) is 20.2 Å². The lowest BCUT2D eigenvalue weighted by atomic mass is 9.95. The monoisotopic (exact) mass is 618 g/mol. The van der Waals surface area contributed by atoms with E-state index >= 15 is 0 Å². The molecule has 13 heteroatoms. The van der Waals surface area contributed by atoms with Crippen molar-refractivity contribution in [2.75, 3.05) is 0 Å². The first-order chi connectivity index (χ1) is 18.7. The molecule has 40 heavy (non-hydrogen) atoms. The normalized spacial score (nSPS) is 11.7. The quantitative estimate of drug-likeness (QED) is 0.200. The van der Waals surface area contributed by atoms with E-state index < -0.39 is 47.4 Å². The van der Waals surface area contributed by atoms with E-state index in [1.54, 1.807) is 0 Å². The fourth-order valence-corrected chi connectivity index (χ4v) is 5.21. The molecule has 0 aliphatic rings. The van der Waals surface area contributed by atoms with Crippen molar-refractivity contribution in [1.82, 2.24) is 0 Å². The zero-order chi connectivity index (χ0) is 29.4. The van der Waals surface area contributed by atoms with E-state index in [4.69, 9.17) is 23.2 Å². The Bertz CT molecular complexity index is 1790. The summed E-state index contributed by atoms with van der Waals surface area (Å²) >= 11 is 12.4. The Hall–Kier alpha value is -3.71. The Kier molecular flexibility index (Phi) is 8.08. The maximum absolute atomic E-state index is 13.3. The van der Waals surface area contributed by atoms with Gasteiger partial charge in [-0.05, 0) is 60.7 Å². The molecule has 0 atom stereocenters. The maximum Gasteiger partial charge on any atom is 0.294 e. The summed E-state index contributed by atoms with van der Waals surface area (Å²) in [5.74, 6) is -2.04. The molecule has 0 saturated carbocycles. The SMILES string of the molecule is O=C(c1ccc(Cl)c(C(=O)c2cccc(S(=O)(=O)O)c2)c1)c1ccc(Cl)c(C(=O)c2cccc(S(=O)(=O)O)c2)c1. The third-order valence-corrected chi connectivity index (χ3v) is 8.09. The Morgan fingerprint density at radius 1 is 0.500 bits per heavy atom. The van der Waals surface area contributed by atoms with E-state index in [2.05, 4.69) is 0 Å². The fourth-order valence-electron chi connectivity index (χ4n) is 3.75. The Labute approximate surface area is 238 Å². The number of hydrogen-bond donors (Lipinski definition) is 2. The molecule has 0 aliphatic carbocycles. The highest BCUT2D eigenvalue weighted by Crippen LogP contribution is 2.27. The van der Waals surface area contributed by atoms with Gasteiger partial charge in [0.15, 0.2) is 17.3 Å². The lowest BCUT2D eigenvalue weighted by Crippen LogP contribution is -2.10. The first-order valence-corrected chi connectivity index (χ1v) is 14.7. The number of carbonyl (C=O) groups excluding carboxylic acids is 3. The van der Waals surface area contributed by atoms with Gasteiger partial charge in [0.2, 0.25) is 0 Å². The van der Waals surface area contributed by atoms with E-state index in [0.29, 0.717) is 0 Å². The summed E-state index contributed by atoms with van der Waals surface area (Å²) in [5.41, 5.74) is -0.429. The molecule has 0 heterocycles. The zero-order valence-corrected chi connectivity index (χ0v) is 23.1. The van der Waals surface area contributed by atoms with Gasteiger partial charge >= 0.3 is 0 Å². The predicted molar refractivity (Wildman–Crippen MR) is 146 cm³/mol. The van der Waals surface area contributed by atoms with E-state index in [0.717, 1.165) is 24.3 Å². The zero-order valence-electron chi connectivity index (χ0n) is 19.9. The van der Waals surface area contributed by atoms with Gasteiger partial charge in [-0.2, -0.15) is 16.8 Å². The largest absolute Gasteiger partial charge is 0.294 e. The highest BCUT2D eigenvalue weighted by molar-refractivity contribution is 7.86. The summed E-state index contributed by atoms with van der Waals surface area (Å²) in [6, 6.07) is 17.0. The summed E-state index contributed by atoms with van der Waals surface area (Å²) in [5, 5.41) is -0.0472. The molecular formula is C27H16Cl2O9S2. The molecule has 4 aromatic rings. The molecule has 0 aliphatic heterocycles. The first-order valence-electron chi connectivity index (χ1n) is 11.0. The van der Waals surface area contributed by atoms with E-state index in [-0.39, 0.29) is 43.4 Å². The molecule has 0 bridgehead atoms. The number of rotatable bonds is 8. The number of hydrogen-bond acceptors (Lipinski definition) is 7. The Morgan fingerprint density at radius 2 is 0.850 bits per heavy atom. The molecule has 9 nitrogen and oxygen atoms in total. The maximum atomic E-state index is 13.3. The number of ketones is 3. The minimum absolute atomic E-state index is 0.00720. The fraction of sp³-hybridized carbons (Fsp3) is 0. The summed E-state index contributed by atoms with van der Waals surface area (Å²) in [6.07, 6.45) is 0. The van der Waals surface area contributed by atoms with Gasteiger partial charge in [0, 0.05) is 33.4 Å². The topological polar surface area (TPSA) is 160 Å². The van der Waals surface area contributed by atoms with Crippen LogP contribution in [0.25, 0.3) is 0 Å². The summed E-state index contributed by atoms with van der Waals surface area (Å²) in [7, 11) is -9.15. The number of carbonyl (C=O) groups is 3. The molecule has 0 aromatic heterocycles.